The number of benzene rings is 1. The van der Waals surface area contributed by atoms with Gasteiger partial charge in [0, 0.05) is 45.2 Å². The summed E-state index contributed by atoms with van der Waals surface area (Å²) >= 11 is 0. The third kappa shape index (κ3) is 3.11. The lowest BCUT2D eigenvalue weighted by atomic mass is 9.93. The standard InChI is InChI=1S/C24H22N6O2/c25-24-23-19(8-22(32-23)18-3-1-2-14-9-27-28-12-21(14)18)20(11-26-24)15-10-29-30(13-15)16-4-6-17(31)7-5-16/h1-3,8-13,16-17,31H,4-7H2,(H2,25,26)/t16-,17-. The second-order valence-corrected chi connectivity index (χ2v) is 8.38. The number of nitrogens with two attached hydrogens (primary N) is 1. The lowest BCUT2D eigenvalue weighted by molar-refractivity contribution is 0.108. The van der Waals surface area contributed by atoms with Gasteiger partial charge in [-0.2, -0.15) is 15.3 Å². The molecular formula is C24H22N6O2. The van der Waals surface area contributed by atoms with Crippen molar-refractivity contribution in [3.05, 3.63) is 55.2 Å². The van der Waals surface area contributed by atoms with Gasteiger partial charge in [-0.15, -0.1) is 0 Å². The first-order chi connectivity index (χ1) is 15.7. The van der Waals surface area contributed by atoms with E-state index in [1.54, 1.807) is 18.6 Å². The van der Waals surface area contributed by atoms with Gasteiger partial charge < -0.3 is 15.3 Å². The Hall–Kier alpha value is -3.78. The van der Waals surface area contributed by atoms with E-state index in [9.17, 15) is 5.11 Å². The molecule has 3 N–H and O–H groups in total. The molecule has 160 valence electrons. The number of fused-ring (bicyclic) bond motifs is 2. The van der Waals surface area contributed by atoms with Gasteiger partial charge in [0.05, 0.1) is 30.7 Å². The number of aromatic nitrogens is 5. The fourth-order valence-electron chi connectivity index (χ4n) is 4.65. The van der Waals surface area contributed by atoms with E-state index in [0.29, 0.717) is 23.2 Å². The van der Waals surface area contributed by atoms with Crippen molar-refractivity contribution < 1.29 is 9.52 Å². The summed E-state index contributed by atoms with van der Waals surface area (Å²) in [7, 11) is 0. The quantitative estimate of drug-likeness (QED) is 0.440. The summed E-state index contributed by atoms with van der Waals surface area (Å²) in [4.78, 5) is 4.38. The fourth-order valence-corrected chi connectivity index (χ4v) is 4.65. The molecule has 1 aliphatic carbocycles. The molecule has 0 aliphatic heterocycles. The number of nitrogens with zero attached hydrogens (tertiary/aromatic N) is 5. The Morgan fingerprint density at radius 3 is 2.69 bits per heavy atom. The molecule has 4 heterocycles. The van der Waals surface area contributed by atoms with Crippen molar-refractivity contribution in [1.29, 1.82) is 0 Å². The topological polar surface area (TPSA) is 116 Å². The van der Waals surface area contributed by atoms with E-state index in [2.05, 4.69) is 26.5 Å². The maximum atomic E-state index is 9.80. The molecule has 1 aromatic carbocycles. The zero-order valence-electron chi connectivity index (χ0n) is 17.3. The number of anilines is 1. The molecule has 4 aromatic heterocycles. The van der Waals surface area contributed by atoms with Gasteiger partial charge in [0.25, 0.3) is 0 Å². The van der Waals surface area contributed by atoms with Gasteiger partial charge in [0.2, 0.25) is 0 Å². The number of nitrogen functional groups attached to an aromatic ring is 1. The van der Waals surface area contributed by atoms with E-state index >= 15 is 0 Å². The molecule has 5 aromatic rings. The van der Waals surface area contributed by atoms with Crippen molar-refractivity contribution in [2.45, 2.75) is 37.8 Å². The average Bonchev–Trinajstić information content (AvgIpc) is 3.48. The molecule has 1 aliphatic rings. The fraction of sp³-hybridized carbons (Fsp3) is 0.250. The van der Waals surface area contributed by atoms with Crippen molar-refractivity contribution in [2.24, 2.45) is 0 Å². The van der Waals surface area contributed by atoms with Crippen LogP contribution < -0.4 is 5.73 Å². The maximum absolute atomic E-state index is 9.80. The summed E-state index contributed by atoms with van der Waals surface area (Å²) in [6, 6.07) is 8.28. The summed E-state index contributed by atoms with van der Waals surface area (Å²) in [6.07, 6.45) is 12.5. The largest absolute Gasteiger partial charge is 0.452 e. The van der Waals surface area contributed by atoms with Crippen LogP contribution in [0, 0.1) is 0 Å². The van der Waals surface area contributed by atoms with Crippen LogP contribution in [0.3, 0.4) is 0 Å². The first kappa shape index (κ1) is 18.9. The van der Waals surface area contributed by atoms with Crippen molar-refractivity contribution >= 4 is 27.6 Å². The zero-order chi connectivity index (χ0) is 21.7. The molecule has 0 spiro atoms. The highest BCUT2D eigenvalue weighted by Crippen LogP contribution is 2.39. The molecule has 0 amide bonds. The highest BCUT2D eigenvalue weighted by Gasteiger charge is 2.22. The van der Waals surface area contributed by atoms with Crippen molar-refractivity contribution in [3.8, 4) is 22.5 Å². The number of pyridine rings is 1. The van der Waals surface area contributed by atoms with Gasteiger partial charge in [-0.05, 0) is 31.7 Å². The van der Waals surface area contributed by atoms with Crippen LogP contribution in [0.15, 0.2) is 59.7 Å². The molecule has 0 unspecified atom stereocenters. The minimum absolute atomic E-state index is 0.188. The van der Waals surface area contributed by atoms with Crippen LogP contribution in [0.1, 0.15) is 31.7 Å². The molecule has 32 heavy (non-hydrogen) atoms. The Morgan fingerprint density at radius 2 is 1.81 bits per heavy atom. The van der Waals surface area contributed by atoms with E-state index in [-0.39, 0.29) is 6.10 Å². The molecule has 8 heteroatoms. The van der Waals surface area contributed by atoms with E-state index in [4.69, 9.17) is 10.2 Å². The molecule has 8 nitrogen and oxygen atoms in total. The third-order valence-corrected chi connectivity index (χ3v) is 6.40. The predicted molar refractivity (Wildman–Crippen MR) is 122 cm³/mol. The summed E-state index contributed by atoms with van der Waals surface area (Å²) in [5.74, 6) is 1.05. The van der Waals surface area contributed by atoms with Gasteiger partial charge in [0.1, 0.15) is 5.76 Å². The first-order valence-corrected chi connectivity index (χ1v) is 10.8. The van der Waals surface area contributed by atoms with E-state index in [0.717, 1.165) is 58.5 Å². The van der Waals surface area contributed by atoms with Gasteiger partial charge in [0.15, 0.2) is 11.4 Å². The van der Waals surface area contributed by atoms with Crippen molar-refractivity contribution in [3.63, 3.8) is 0 Å². The number of aliphatic hydroxyl groups excluding tert-OH is 1. The number of hydrogen-bond acceptors (Lipinski definition) is 7. The minimum atomic E-state index is -0.188. The van der Waals surface area contributed by atoms with Crippen LogP contribution >= 0.6 is 0 Å². The minimum Gasteiger partial charge on any atom is -0.452 e. The molecule has 0 radical (unpaired) electrons. The smallest absolute Gasteiger partial charge is 0.177 e. The van der Waals surface area contributed by atoms with E-state index in [1.165, 1.54) is 0 Å². The average molecular weight is 426 g/mol. The normalized spacial score (nSPS) is 19.0. The predicted octanol–water partition coefficient (Wildman–Crippen LogP) is 4.36. The van der Waals surface area contributed by atoms with Gasteiger partial charge >= 0.3 is 0 Å². The Bertz CT molecular complexity index is 1430. The Balaban J connectivity index is 1.44. The lowest BCUT2D eigenvalue weighted by Gasteiger charge is -2.25. The van der Waals surface area contributed by atoms with Crippen LogP contribution in [-0.4, -0.2) is 36.2 Å². The summed E-state index contributed by atoms with van der Waals surface area (Å²) < 4.78 is 8.21. The van der Waals surface area contributed by atoms with Gasteiger partial charge in [-0.1, -0.05) is 18.2 Å². The van der Waals surface area contributed by atoms with Gasteiger partial charge in [-0.3, -0.25) is 4.68 Å². The third-order valence-electron chi connectivity index (χ3n) is 6.40. The number of aliphatic hydroxyl groups is 1. The highest BCUT2D eigenvalue weighted by atomic mass is 16.3. The van der Waals surface area contributed by atoms with Crippen LogP contribution in [0.5, 0.6) is 0 Å². The monoisotopic (exact) mass is 426 g/mol. The number of furan rings is 1. The zero-order valence-corrected chi connectivity index (χ0v) is 17.3. The second kappa shape index (κ2) is 7.42. The lowest BCUT2D eigenvalue weighted by Crippen LogP contribution is -2.21. The molecule has 1 fully saturated rings. The summed E-state index contributed by atoms with van der Waals surface area (Å²) in [5, 5.41) is 25.2. The SMILES string of the molecule is Nc1ncc(-c2cnn([C@H]3CC[C@H](O)CC3)c2)c2cc(-c3cccc4cnncc34)oc12. The number of hydrogen-bond donors (Lipinski definition) is 2. The van der Waals surface area contributed by atoms with Crippen LogP contribution in [0.4, 0.5) is 5.82 Å². The molecule has 0 saturated heterocycles. The van der Waals surface area contributed by atoms with Crippen molar-refractivity contribution in [1.82, 2.24) is 25.0 Å². The Kier molecular flexibility index (Phi) is 4.39. The number of rotatable bonds is 3. The molecular weight excluding hydrogens is 404 g/mol. The molecule has 6 rings (SSSR count). The molecule has 0 bridgehead atoms. The van der Waals surface area contributed by atoms with Crippen molar-refractivity contribution in [2.75, 3.05) is 5.73 Å². The molecule has 1 saturated carbocycles. The van der Waals surface area contributed by atoms with Crippen LogP contribution in [-0.2, 0) is 0 Å². The van der Waals surface area contributed by atoms with Crippen LogP contribution in [0.2, 0.25) is 0 Å². The second-order valence-electron chi connectivity index (χ2n) is 8.38. The van der Waals surface area contributed by atoms with E-state index in [1.807, 2.05) is 35.1 Å². The van der Waals surface area contributed by atoms with E-state index < -0.39 is 0 Å². The summed E-state index contributed by atoms with van der Waals surface area (Å²) in [6.45, 7) is 0. The van der Waals surface area contributed by atoms with Crippen LogP contribution in [0.25, 0.3) is 44.2 Å². The highest BCUT2D eigenvalue weighted by molar-refractivity contribution is 6.02. The van der Waals surface area contributed by atoms with Gasteiger partial charge in [-0.25, -0.2) is 4.98 Å². The summed E-state index contributed by atoms with van der Waals surface area (Å²) in [5.41, 5.74) is 9.54. The maximum Gasteiger partial charge on any atom is 0.177 e. The Labute approximate surface area is 183 Å². The first-order valence-electron chi connectivity index (χ1n) is 10.8. The Morgan fingerprint density at radius 1 is 0.969 bits per heavy atom. The molecule has 0 atom stereocenters.